The van der Waals surface area contributed by atoms with Crippen LogP contribution in [0.1, 0.15) is 68.7 Å². The smallest absolute Gasteiger partial charge is 0.433 e. The predicted octanol–water partition coefficient (Wildman–Crippen LogP) is 6.24. The molecule has 2 heterocycles. The second-order valence-electron chi connectivity index (χ2n) is 8.96. The molecule has 0 saturated heterocycles. The first-order chi connectivity index (χ1) is 15.6. The maximum Gasteiger partial charge on any atom is 0.433 e. The Morgan fingerprint density at radius 1 is 1.18 bits per heavy atom. The largest absolute Gasteiger partial charge is 0.489 e. The molecule has 1 aromatic carbocycles. The van der Waals surface area contributed by atoms with Crippen molar-refractivity contribution >= 4 is 22.5 Å². The molecule has 1 N–H and O–H groups in total. The number of rotatable bonds is 5. The standard InChI is InChI=1S/C24H27F3N4O2/c1-14(2)33-21-12-19-16(13-31(30-19)17-9-7-15(3)8-10-17)11-20(21)29-23(32)18-5-4-6-22(28-18)24(25,26)27/h4-6,11-15,17H,7-10H2,1-3H3,(H,29,32)/t15-,17-. The molecule has 33 heavy (non-hydrogen) atoms. The topological polar surface area (TPSA) is 69.0 Å². The number of anilines is 1. The van der Waals surface area contributed by atoms with Crippen molar-refractivity contribution in [1.29, 1.82) is 0 Å². The summed E-state index contributed by atoms with van der Waals surface area (Å²) in [5.74, 6) is 0.381. The van der Waals surface area contributed by atoms with Crippen LogP contribution in [0.2, 0.25) is 0 Å². The zero-order valence-electron chi connectivity index (χ0n) is 18.8. The van der Waals surface area contributed by atoms with E-state index in [0.29, 0.717) is 17.5 Å². The van der Waals surface area contributed by atoms with Crippen LogP contribution in [0.3, 0.4) is 0 Å². The molecule has 9 heteroatoms. The van der Waals surface area contributed by atoms with Crippen LogP contribution >= 0.6 is 0 Å². The Labute approximate surface area is 190 Å². The number of hydrogen-bond donors (Lipinski definition) is 1. The molecule has 3 aromatic rings. The van der Waals surface area contributed by atoms with Gasteiger partial charge in [0.05, 0.1) is 23.3 Å². The van der Waals surface area contributed by atoms with E-state index in [4.69, 9.17) is 9.84 Å². The summed E-state index contributed by atoms with van der Waals surface area (Å²) in [7, 11) is 0. The van der Waals surface area contributed by atoms with Crippen molar-refractivity contribution in [2.45, 2.75) is 64.8 Å². The molecule has 0 spiro atoms. The van der Waals surface area contributed by atoms with Crippen LogP contribution in [-0.2, 0) is 6.18 Å². The lowest BCUT2D eigenvalue weighted by molar-refractivity contribution is -0.141. The number of aromatic nitrogens is 3. The lowest BCUT2D eigenvalue weighted by atomic mass is 9.87. The third-order valence-corrected chi connectivity index (χ3v) is 5.87. The highest BCUT2D eigenvalue weighted by Crippen LogP contribution is 2.35. The Bertz CT molecular complexity index is 1150. The fraction of sp³-hybridized carbons (Fsp3) is 0.458. The summed E-state index contributed by atoms with van der Waals surface area (Å²) in [6.45, 7) is 5.97. The second kappa shape index (κ2) is 9.03. The van der Waals surface area contributed by atoms with E-state index >= 15 is 0 Å². The Hall–Kier alpha value is -3.10. The lowest BCUT2D eigenvalue weighted by Gasteiger charge is -2.26. The Morgan fingerprint density at radius 3 is 2.58 bits per heavy atom. The lowest BCUT2D eigenvalue weighted by Crippen LogP contribution is -2.18. The van der Waals surface area contributed by atoms with Crippen molar-refractivity contribution in [2.24, 2.45) is 5.92 Å². The predicted molar refractivity (Wildman–Crippen MR) is 119 cm³/mol. The zero-order valence-corrected chi connectivity index (χ0v) is 18.8. The van der Waals surface area contributed by atoms with Gasteiger partial charge in [-0.25, -0.2) is 4.98 Å². The van der Waals surface area contributed by atoms with Crippen molar-refractivity contribution in [3.63, 3.8) is 0 Å². The van der Waals surface area contributed by atoms with Crippen LogP contribution in [0, 0.1) is 5.92 Å². The number of ether oxygens (including phenoxy) is 1. The maximum atomic E-state index is 13.0. The van der Waals surface area contributed by atoms with E-state index in [1.807, 2.05) is 24.7 Å². The van der Waals surface area contributed by atoms with Crippen molar-refractivity contribution < 1.29 is 22.7 Å². The zero-order chi connectivity index (χ0) is 23.8. The monoisotopic (exact) mass is 460 g/mol. The molecule has 1 fully saturated rings. The minimum atomic E-state index is -4.63. The fourth-order valence-corrected chi connectivity index (χ4v) is 4.12. The molecule has 1 aliphatic rings. The van der Waals surface area contributed by atoms with Gasteiger partial charge < -0.3 is 10.1 Å². The molecule has 0 aliphatic heterocycles. The van der Waals surface area contributed by atoms with Crippen LogP contribution in [0.25, 0.3) is 10.9 Å². The molecule has 2 aromatic heterocycles. The van der Waals surface area contributed by atoms with E-state index in [1.54, 1.807) is 12.1 Å². The highest BCUT2D eigenvalue weighted by Gasteiger charge is 2.33. The van der Waals surface area contributed by atoms with Gasteiger partial charge in [0.1, 0.15) is 17.1 Å². The summed E-state index contributed by atoms with van der Waals surface area (Å²) < 4.78 is 46.8. The number of amides is 1. The molecule has 0 bridgehead atoms. The molecule has 1 amide bonds. The Morgan fingerprint density at radius 2 is 1.91 bits per heavy atom. The van der Waals surface area contributed by atoms with Gasteiger partial charge in [0.15, 0.2) is 0 Å². The van der Waals surface area contributed by atoms with Gasteiger partial charge in [0.2, 0.25) is 0 Å². The van der Waals surface area contributed by atoms with Crippen LogP contribution in [0.4, 0.5) is 18.9 Å². The van der Waals surface area contributed by atoms with Crippen LogP contribution in [-0.4, -0.2) is 26.8 Å². The number of benzene rings is 1. The van der Waals surface area contributed by atoms with E-state index in [0.717, 1.165) is 54.6 Å². The third kappa shape index (κ3) is 5.29. The molecule has 176 valence electrons. The van der Waals surface area contributed by atoms with Gasteiger partial charge >= 0.3 is 6.18 Å². The summed E-state index contributed by atoms with van der Waals surface area (Å²) in [5.41, 5.74) is -0.350. The summed E-state index contributed by atoms with van der Waals surface area (Å²) in [6.07, 6.45) is 1.60. The molecule has 0 radical (unpaired) electrons. The number of alkyl halides is 3. The second-order valence-corrected chi connectivity index (χ2v) is 8.96. The first kappa shape index (κ1) is 23.1. The minimum Gasteiger partial charge on any atom is -0.489 e. The average molecular weight is 461 g/mol. The van der Waals surface area contributed by atoms with Gasteiger partial charge in [-0.05, 0) is 63.6 Å². The number of nitrogens with one attached hydrogen (secondary N) is 1. The van der Waals surface area contributed by atoms with E-state index in [-0.39, 0.29) is 11.8 Å². The maximum absolute atomic E-state index is 13.0. The SMILES string of the molecule is CC(C)Oc1cc2nn([C@H]3CC[C@H](C)CC3)cc2cc1NC(=O)c1cccc(C(F)(F)F)n1. The molecule has 4 rings (SSSR count). The van der Waals surface area contributed by atoms with Gasteiger partial charge in [-0.2, -0.15) is 18.3 Å². The third-order valence-electron chi connectivity index (χ3n) is 5.87. The molecule has 6 nitrogen and oxygen atoms in total. The van der Waals surface area contributed by atoms with Crippen molar-refractivity contribution in [3.8, 4) is 5.75 Å². The van der Waals surface area contributed by atoms with Crippen LogP contribution in [0.5, 0.6) is 5.75 Å². The number of pyridine rings is 1. The number of carbonyl (C=O) groups is 1. The minimum absolute atomic E-state index is 0.174. The number of fused-ring (bicyclic) bond motifs is 1. The van der Waals surface area contributed by atoms with E-state index in [1.165, 1.54) is 6.07 Å². The molecular weight excluding hydrogens is 433 g/mol. The highest BCUT2D eigenvalue weighted by atomic mass is 19.4. The normalized spacial score (nSPS) is 19.1. The van der Waals surface area contributed by atoms with Crippen molar-refractivity contribution in [1.82, 2.24) is 14.8 Å². The van der Waals surface area contributed by atoms with E-state index < -0.39 is 17.8 Å². The first-order valence-corrected chi connectivity index (χ1v) is 11.2. The van der Waals surface area contributed by atoms with Gasteiger partial charge in [0, 0.05) is 17.6 Å². The molecule has 1 saturated carbocycles. The van der Waals surface area contributed by atoms with E-state index in [9.17, 15) is 18.0 Å². The van der Waals surface area contributed by atoms with Gasteiger partial charge in [-0.3, -0.25) is 9.48 Å². The summed E-state index contributed by atoms with van der Waals surface area (Å²) in [4.78, 5) is 16.2. The molecule has 1 aliphatic carbocycles. The summed E-state index contributed by atoms with van der Waals surface area (Å²) >= 11 is 0. The number of hydrogen-bond acceptors (Lipinski definition) is 4. The van der Waals surface area contributed by atoms with Crippen LogP contribution in [0.15, 0.2) is 36.5 Å². The van der Waals surface area contributed by atoms with E-state index in [2.05, 4.69) is 17.2 Å². The first-order valence-electron chi connectivity index (χ1n) is 11.2. The van der Waals surface area contributed by atoms with Crippen LogP contribution < -0.4 is 10.1 Å². The van der Waals surface area contributed by atoms with Crippen molar-refractivity contribution in [3.05, 3.63) is 47.9 Å². The highest BCUT2D eigenvalue weighted by molar-refractivity contribution is 6.05. The molecule has 0 atom stereocenters. The Kier molecular flexibility index (Phi) is 6.32. The van der Waals surface area contributed by atoms with Gasteiger partial charge in [-0.1, -0.05) is 13.0 Å². The fourth-order valence-electron chi connectivity index (χ4n) is 4.12. The van der Waals surface area contributed by atoms with Gasteiger partial charge in [0.25, 0.3) is 5.91 Å². The number of carbonyl (C=O) groups excluding carboxylic acids is 1. The number of nitrogens with zero attached hydrogens (tertiary/aromatic N) is 3. The summed E-state index contributed by atoms with van der Waals surface area (Å²) in [6, 6.07) is 7.06. The Balaban J connectivity index is 1.64. The summed E-state index contributed by atoms with van der Waals surface area (Å²) in [5, 5.41) is 8.22. The number of halogens is 3. The molecule has 0 unspecified atom stereocenters. The van der Waals surface area contributed by atoms with Crippen molar-refractivity contribution in [2.75, 3.05) is 5.32 Å². The molecular formula is C24H27F3N4O2. The quantitative estimate of drug-likeness (QED) is 0.489. The van der Waals surface area contributed by atoms with Gasteiger partial charge in [-0.15, -0.1) is 0 Å². The average Bonchev–Trinajstić information content (AvgIpc) is 3.16.